The van der Waals surface area contributed by atoms with Crippen molar-refractivity contribution < 1.29 is 31.9 Å². The van der Waals surface area contributed by atoms with Gasteiger partial charge in [0, 0.05) is 0 Å². The van der Waals surface area contributed by atoms with Crippen molar-refractivity contribution >= 4 is 17.4 Å². The average Bonchev–Trinajstić information content (AvgIpc) is 3.07. The Hall–Kier alpha value is -2.77. The number of benzene rings is 1. The molecule has 0 unspecified atom stereocenters. The number of hydrogen-bond acceptors (Lipinski definition) is 4. The van der Waals surface area contributed by atoms with Gasteiger partial charge in [-0.05, 0) is 24.3 Å². The average molecular weight is 325 g/mol. The van der Waals surface area contributed by atoms with Gasteiger partial charge in [-0.2, -0.15) is 13.2 Å². The Bertz CT molecular complexity index is 794. The maximum absolute atomic E-state index is 12.5. The first-order chi connectivity index (χ1) is 10.8. The zero-order valence-corrected chi connectivity index (χ0v) is 11.8. The van der Waals surface area contributed by atoms with Gasteiger partial charge in [0.25, 0.3) is 11.7 Å². The molecule has 23 heavy (non-hydrogen) atoms. The summed E-state index contributed by atoms with van der Waals surface area (Å²) in [5.74, 6) is -2.60. The van der Waals surface area contributed by atoms with E-state index in [0.717, 1.165) is 17.0 Å². The fraction of sp³-hybridized carbons (Fsp3) is 0.200. The predicted molar refractivity (Wildman–Crippen MR) is 72.2 cm³/mol. The van der Waals surface area contributed by atoms with Crippen molar-refractivity contribution in [2.75, 3.05) is 12.0 Å². The smallest absolute Gasteiger partial charge is 0.449 e. The fourth-order valence-electron chi connectivity index (χ4n) is 2.41. The van der Waals surface area contributed by atoms with Gasteiger partial charge >= 0.3 is 6.18 Å². The minimum absolute atomic E-state index is 0.0749. The second-order valence-corrected chi connectivity index (χ2v) is 4.84. The molecule has 1 aliphatic rings. The number of rotatable bonds is 3. The minimum atomic E-state index is -4.61. The van der Waals surface area contributed by atoms with E-state index >= 15 is 0 Å². The SMILES string of the molecule is COc1cccc2c1C(=O)C(=O)N2Cc1ccc(C(F)(F)F)o1. The molecule has 0 saturated carbocycles. The number of ether oxygens (including phenoxy) is 1. The highest BCUT2D eigenvalue weighted by atomic mass is 19.4. The van der Waals surface area contributed by atoms with E-state index in [0.29, 0.717) is 0 Å². The molecule has 2 heterocycles. The van der Waals surface area contributed by atoms with Crippen LogP contribution >= 0.6 is 0 Å². The van der Waals surface area contributed by atoms with Crippen LogP contribution in [-0.4, -0.2) is 18.8 Å². The summed E-state index contributed by atoms with van der Waals surface area (Å²) in [7, 11) is 1.36. The Kier molecular flexibility index (Phi) is 3.39. The van der Waals surface area contributed by atoms with Gasteiger partial charge in [-0.1, -0.05) is 6.07 Å². The Balaban J connectivity index is 1.95. The summed E-state index contributed by atoms with van der Waals surface area (Å²) in [6, 6.07) is 6.54. The summed E-state index contributed by atoms with van der Waals surface area (Å²) < 4.78 is 47.4. The van der Waals surface area contributed by atoms with Crippen molar-refractivity contribution in [3.05, 3.63) is 47.4 Å². The van der Waals surface area contributed by atoms with E-state index in [2.05, 4.69) is 0 Å². The fourth-order valence-corrected chi connectivity index (χ4v) is 2.41. The first-order valence-corrected chi connectivity index (χ1v) is 6.52. The quantitative estimate of drug-likeness (QED) is 0.814. The van der Waals surface area contributed by atoms with Gasteiger partial charge in [0.2, 0.25) is 5.76 Å². The normalized spacial score (nSPS) is 14.3. The maximum Gasteiger partial charge on any atom is 0.449 e. The van der Waals surface area contributed by atoms with Crippen LogP contribution in [0.4, 0.5) is 18.9 Å². The Morgan fingerprint density at radius 2 is 1.91 bits per heavy atom. The molecule has 0 aliphatic carbocycles. The molecule has 0 spiro atoms. The molecule has 8 heteroatoms. The molecule has 2 aromatic rings. The summed E-state index contributed by atoms with van der Waals surface area (Å²) in [6.45, 7) is -0.277. The molecule has 0 bridgehead atoms. The topological polar surface area (TPSA) is 59.8 Å². The molecule has 120 valence electrons. The van der Waals surface area contributed by atoms with Crippen molar-refractivity contribution in [2.45, 2.75) is 12.7 Å². The molecule has 1 aromatic carbocycles. The molecule has 0 atom stereocenters. The third kappa shape index (κ3) is 2.45. The van der Waals surface area contributed by atoms with Gasteiger partial charge in [0.05, 0.1) is 24.9 Å². The summed E-state index contributed by atoms with van der Waals surface area (Å²) in [6.07, 6.45) is -4.61. The van der Waals surface area contributed by atoms with Crippen LogP contribution in [0.2, 0.25) is 0 Å². The van der Waals surface area contributed by atoms with Crippen molar-refractivity contribution in [1.29, 1.82) is 0 Å². The summed E-state index contributed by atoms with van der Waals surface area (Å²) in [5, 5.41) is 0. The predicted octanol–water partition coefficient (Wildman–Crippen LogP) is 3.04. The molecule has 1 amide bonds. The minimum Gasteiger partial charge on any atom is -0.496 e. The number of methoxy groups -OCH3 is 1. The number of amides is 1. The molecule has 3 rings (SSSR count). The van der Waals surface area contributed by atoms with E-state index in [4.69, 9.17) is 9.15 Å². The Labute approximate surface area is 128 Å². The summed E-state index contributed by atoms with van der Waals surface area (Å²) in [4.78, 5) is 25.2. The van der Waals surface area contributed by atoms with Crippen LogP contribution in [0, 0.1) is 0 Å². The Morgan fingerprint density at radius 1 is 1.17 bits per heavy atom. The third-order valence-electron chi connectivity index (χ3n) is 3.44. The van der Waals surface area contributed by atoms with Gasteiger partial charge in [-0.25, -0.2) is 0 Å². The lowest BCUT2D eigenvalue weighted by Crippen LogP contribution is -2.28. The lowest BCUT2D eigenvalue weighted by molar-refractivity contribution is -0.153. The molecule has 0 saturated heterocycles. The number of hydrogen-bond donors (Lipinski definition) is 0. The number of carbonyl (C=O) groups is 2. The van der Waals surface area contributed by atoms with Crippen molar-refractivity contribution in [1.82, 2.24) is 0 Å². The monoisotopic (exact) mass is 325 g/mol. The van der Waals surface area contributed by atoms with Crippen LogP contribution in [-0.2, 0) is 17.5 Å². The zero-order chi connectivity index (χ0) is 16.8. The van der Waals surface area contributed by atoms with E-state index in [-0.39, 0.29) is 29.3 Å². The second-order valence-electron chi connectivity index (χ2n) is 4.84. The molecule has 0 radical (unpaired) electrons. The number of halogens is 3. The highest BCUT2D eigenvalue weighted by Crippen LogP contribution is 2.37. The lowest BCUT2D eigenvalue weighted by Gasteiger charge is -2.15. The van der Waals surface area contributed by atoms with Crippen LogP contribution in [0.25, 0.3) is 0 Å². The third-order valence-corrected chi connectivity index (χ3v) is 3.44. The van der Waals surface area contributed by atoms with E-state index in [1.165, 1.54) is 19.2 Å². The van der Waals surface area contributed by atoms with Crippen LogP contribution in [0.5, 0.6) is 5.75 Å². The van der Waals surface area contributed by atoms with Gasteiger partial charge in [-0.15, -0.1) is 0 Å². The van der Waals surface area contributed by atoms with Crippen molar-refractivity contribution in [3.63, 3.8) is 0 Å². The number of fused-ring (bicyclic) bond motifs is 1. The maximum atomic E-state index is 12.5. The first kappa shape index (κ1) is 15.1. The second kappa shape index (κ2) is 5.15. The first-order valence-electron chi connectivity index (χ1n) is 6.52. The molecular formula is C15H10F3NO4. The standard InChI is InChI=1S/C15H10F3NO4/c1-22-10-4-2-3-9-12(10)13(20)14(21)19(9)7-8-5-6-11(23-8)15(16,17)18/h2-6H,7H2,1H3. The van der Waals surface area contributed by atoms with Crippen LogP contribution in [0.3, 0.4) is 0 Å². The number of furan rings is 1. The van der Waals surface area contributed by atoms with Crippen molar-refractivity contribution in [2.24, 2.45) is 0 Å². The van der Waals surface area contributed by atoms with Crippen LogP contribution in [0.1, 0.15) is 21.9 Å². The molecule has 1 aliphatic heterocycles. The van der Waals surface area contributed by atoms with Gasteiger partial charge < -0.3 is 9.15 Å². The van der Waals surface area contributed by atoms with Crippen LogP contribution < -0.4 is 9.64 Å². The number of alkyl halides is 3. The van der Waals surface area contributed by atoms with Crippen molar-refractivity contribution in [3.8, 4) is 5.75 Å². The number of nitrogens with zero attached hydrogens (tertiary/aromatic N) is 1. The molecule has 0 N–H and O–H groups in total. The van der Waals surface area contributed by atoms with E-state index < -0.39 is 23.6 Å². The van der Waals surface area contributed by atoms with E-state index in [1.54, 1.807) is 6.07 Å². The molecule has 1 aromatic heterocycles. The summed E-state index contributed by atoms with van der Waals surface area (Å²) >= 11 is 0. The number of carbonyl (C=O) groups excluding carboxylic acids is 2. The van der Waals surface area contributed by atoms with Gasteiger partial charge in [0.15, 0.2) is 0 Å². The molecule has 5 nitrogen and oxygen atoms in total. The van der Waals surface area contributed by atoms with Gasteiger partial charge in [0.1, 0.15) is 11.5 Å². The number of ketones is 1. The van der Waals surface area contributed by atoms with Crippen LogP contribution in [0.15, 0.2) is 34.7 Å². The highest BCUT2D eigenvalue weighted by molar-refractivity contribution is 6.52. The Morgan fingerprint density at radius 3 is 2.52 bits per heavy atom. The van der Waals surface area contributed by atoms with E-state index in [9.17, 15) is 22.8 Å². The number of anilines is 1. The molecule has 0 fully saturated rings. The van der Waals surface area contributed by atoms with Gasteiger partial charge in [-0.3, -0.25) is 14.5 Å². The van der Waals surface area contributed by atoms with E-state index in [1.807, 2.05) is 0 Å². The molecular weight excluding hydrogens is 315 g/mol. The zero-order valence-electron chi connectivity index (χ0n) is 11.8. The highest BCUT2D eigenvalue weighted by Gasteiger charge is 2.39. The summed E-state index contributed by atoms with van der Waals surface area (Å²) in [5.41, 5.74) is 0.381. The lowest BCUT2D eigenvalue weighted by atomic mass is 10.1. The number of Topliss-reactive ketones (excluding diaryl/α,β-unsaturated/α-hetero) is 1. The largest absolute Gasteiger partial charge is 0.496 e.